The van der Waals surface area contributed by atoms with E-state index >= 15 is 0 Å². The molecule has 0 fully saturated rings. The number of phenols is 3. The molecule has 1 aliphatic heterocycles. The normalized spacial score (nSPS) is 17.7. The van der Waals surface area contributed by atoms with Crippen molar-refractivity contribution in [3.8, 4) is 23.0 Å². The lowest BCUT2D eigenvalue weighted by Gasteiger charge is -2.31. The SMILES string of the molecule is CC.CC.Cc1cc(C2Oc3cc(O)cc(O)c3CC2O)cc(O)c1C. The molecule has 5 heteroatoms. The van der Waals surface area contributed by atoms with Crippen molar-refractivity contribution < 1.29 is 25.2 Å². The largest absolute Gasteiger partial charge is 0.508 e. The summed E-state index contributed by atoms with van der Waals surface area (Å²) in [7, 11) is 0. The molecule has 26 heavy (non-hydrogen) atoms. The van der Waals surface area contributed by atoms with Crippen molar-refractivity contribution in [1.29, 1.82) is 0 Å². The van der Waals surface area contributed by atoms with Crippen molar-refractivity contribution in [3.63, 3.8) is 0 Å². The fraction of sp³-hybridized carbons (Fsp3) is 0.429. The highest BCUT2D eigenvalue weighted by Crippen LogP contribution is 2.42. The lowest BCUT2D eigenvalue weighted by Crippen LogP contribution is -2.30. The number of hydrogen-bond acceptors (Lipinski definition) is 5. The zero-order chi connectivity index (χ0) is 20.0. The molecule has 0 radical (unpaired) electrons. The van der Waals surface area contributed by atoms with Gasteiger partial charge in [-0.05, 0) is 36.6 Å². The van der Waals surface area contributed by atoms with Crippen molar-refractivity contribution in [2.75, 3.05) is 0 Å². The van der Waals surface area contributed by atoms with E-state index in [2.05, 4.69) is 0 Å². The van der Waals surface area contributed by atoms with Crippen LogP contribution in [0.4, 0.5) is 0 Å². The molecule has 0 saturated carbocycles. The first-order chi connectivity index (χ1) is 12.4. The van der Waals surface area contributed by atoms with Crippen LogP contribution in [0.3, 0.4) is 0 Å². The van der Waals surface area contributed by atoms with E-state index in [-0.39, 0.29) is 23.7 Å². The number of aliphatic hydroxyl groups excluding tert-OH is 1. The van der Waals surface area contributed by atoms with Gasteiger partial charge in [0.15, 0.2) is 0 Å². The summed E-state index contributed by atoms with van der Waals surface area (Å²) in [4.78, 5) is 0. The summed E-state index contributed by atoms with van der Waals surface area (Å²) in [6.07, 6.45) is -1.32. The molecule has 0 aromatic heterocycles. The van der Waals surface area contributed by atoms with E-state index in [4.69, 9.17) is 4.74 Å². The Bertz CT molecular complexity index is 716. The van der Waals surface area contributed by atoms with Crippen molar-refractivity contribution in [1.82, 2.24) is 0 Å². The summed E-state index contributed by atoms with van der Waals surface area (Å²) in [6.45, 7) is 11.7. The average Bonchev–Trinajstić information content (AvgIpc) is 2.63. The smallest absolute Gasteiger partial charge is 0.150 e. The molecule has 0 amide bonds. The number of hydrogen-bond donors (Lipinski definition) is 4. The summed E-state index contributed by atoms with van der Waals surface area (Å²) >= 11 is 0. The van der Waals surface area contributed by atoms with E-state index in [9.17, 15) is 20.4 Å². The van der Waals surface area contributed by atoms with Crippen LogP contribution < -0.4 is 4.74 Å². The number of aromatic hydroxyl groups is 3. The number of rotatable bonds is 1. The van der Waals surface area contributed by atoms with Crippen LogP contribution in [0.25, 0.3) is 0 Å². The minimum atomic E-state index is -0.857. The zero-order valence-corrected chi connectivity index (χ0v) is 16.4. The predicted octanol–water partition coefficient (Wildman–Crippen LogP) is 4.51. The van der Waals surface area contributed by atoms with Gasteiger partial charge in [-0.1, -0.05) is 33.8 Å². The third-order valence-electron chi connectivity index (χ3n) is 4.18. The third kappa shape index (κ3) is 4.41. The Morgan fingerprint density at radius 3 is 2.08 bits per heavy atom. The van der Waals surface area contributed by atoms with E-state index in [1.807, 2.05) is 47.6 Å². The average molecular weight is 362 g/mol. The maximum Gasteiger partial charge on any atom is 0.150 e. The fourth-order valence-electron chi connectivity index (χ4n) is 2.78. The topological polar surface area (TPSA) is 90.2 Å². The van der Waals surface area contributed by atoms with Crippen molar-refractivity contribution in [2.45, 2.75) is 60.2 Å². The van der Waals surface area contributed by atoms with Gasteiger partial charge in [-0.15, -0.1) is 0 Å². The van der Waals surface area contributed by atoms with E-state index in [1.54, 1.807) is 6.07 Å². The lowest BCUT2D eigenvalue weighted by molar-refractivity contribution is 0.0197. The van der Waals surface area contributed by atoms with Gasteiger partial charge in [-0.2, -0.15) is 0 Å². The van der Waals surface area contributed by atoms with Gasteiger partial charge in [-0.3, -0.25) is 0 Å². The number of aryl methyl sites for hydroxylation is 1. The fourth-order valence-corrected chi connectivity index (χ4v) is 2.78. The molecule has 2 aromatic rings. The second kappa shape index (κ2) is 9.34. The molecule has 2 atom stereocenters. The molecule has 1 heterocycles. The summed E-state index contributed by atoms with van der Waals surface area (Å²) in [6, 6.07) is 6.06. The van der Waals surface area contributed by atoms with Gasteiger partial charge in [0.25, 0.3) is 0 Å². The van der Waals surface area contributed by atoms with Crippen LogP contribution in [0.5, 0.6) is 23.0 Å². The number of aliphatic hydroxyl groups is 1. The van der Waals surface area contributed by atoms with Crippen molar-refractivity contribution in [3.05, 3.63) is 46.5 Å². The Hall–Kier alpha value is -2.40. The summed E-state index contributed by atoms with van der Waals surface area (Å²) in [5.74, 6) is 0.283. The Morgan fingerprint density at radius 1 is 0.885 bits per heavy atom. The van der Waals surface area contributed by atoms with Gasteiger partial charge >= 0.3 is 0 Å². The Labute approximate surface area is 155 Å². The predicted molar refractivity (Wildman–Crippen MR) is 103 cm³/mol. The first-order valence-corrected chi connectivity index (χ1v) is 9.06. The summed E-state index contributed by atoms with van der Waals surface area (Å²) < 4.78 is 5.76. The van der Waals surface area contributed by atoms with Gasteiger partial charge in [-0.25, -0.2) is 0 Å². The first kappa shape index (κ1) is 21.6. The molecular formula is C21H30O5. The molecule has 0 saturated heterocycles. The molecule has 1 aliphatic rings. The molecule has 2 unspecified atom stereocenters. The lowest BCUT2D eigenvalue weighted by atomic mass is 9.92. The summed E-state index contributed by atoms with van der Waals surface area (Å²) in [5.41, 5.74) is 2.80. The highest BCUT2D eigenvalue weighted by Gasteiger charge is 2.32. The molecule has 2 aromatic carbocycles. The molecule has 0 spiro atoms. The Balaban J connectivity index is 0.000000791. The van der Waals surface area contributed by atoms with Gasteiger partial charge in [0.1, 0.15) is 29.1 Å². The standard InChI is InChI=1S/C17H18O5.2C2H6/c1-8-3-10(4-13(19)9(8)2)17-15(21)7-12-14(20)5-11(18)6-16(12)22-17;2*1-2/h3-6,15,17-21H,7H2,1-2H3;2*1-2H3. The molecule has 3 rings (SSSR count). The third-order valence-corrected chi connectivity index (χ3v) is 4.18. The molecule has 0 bridgehead atoms. The van der Waals surface area contributed by atoms with Gasteiger partial charge in [0.05, 0.1) is 6.10 Å². The van der Waals surface area contributed by atoms with Crippen molar-refractivity contribution >= 4 is 0 Å². The number of benzene rings is 2. The zero-order valence-electron chi connectivity index (χ0n) is 16.4. The monoisotopic (exact) mass is 362 g/mol. The van der Waals surface area contributed by atoms with Gasteiger partial charge < -0.3 is 25.2 Å². The van der Waals surface area contributed by atoms with E-state index in [0.717, 1.165) is 11.1 Å². The van der Waals surface area contributed by atoms with E-state index in [0.29, 0.717) is 16.9 Å². The van der Waals surface area contributed by atoms with E-state index in [1.165, 1.54) is 12.1 Å². The quantitative estimate of drug-likeness (QED) is 0.599. The molecule has 4 N–H and O–H groups in total. The second-order valence-electron chi connectivity index (χ2n) is 5.73. The molecule has 5 nitrogen and oxygen atoms in total. The van der Waals surface area contributed by atoms with Crippen LogP contribution in [0.2, 0.25) is 0 Å². The first-order valence-electron chi connectivity index (χ1n) is 9.06. The molecule has 144 valence electrons. The number of phenolic OH excluding ortho intramolecular Hbond substituents is 3. The Kier molecular flexibility index (Phi) is 7.77. The second-order valence-corrected chi connectivity index (χ2v) is 5.73. The maximum atomic E-state index is 10.3. The van der Waals surface area contributed by atoms with Crippen LogP contribution in [0, 0.1) is 13.8 Å². The Morgan fingerprint density at radius 2 is 1.50 bits per heavy atom. The van der Waals surface area contributed by atoms with Crippen LogP contribution in [0.15, 0.2) is 24.3 Å². The molecular weight excluding hydrogens is 332 g/mol. The minimum Gasteiger partial charge on any atom is -0.508 e. The van der Waals surface area contributed by atoms with Gasteiger partial charge in [0.2, 0.25) is 0 Å². The number of ether oxygens (including phenoxy) is 1. The highest BCUT2D eigenvalue weighted by molar-refractivity contribution is 5.52. The van der Waals surface area contributed by atoms with Gasteiger partial charge in [0, 0.05) is 24.1 Å². The van der Waals surface area contributed by atoms with Crippen molar-refractivity contribution in [2.24, 2.45) is 0 Å². The van der Waals surface area contributed by atoms with Crippen LogP contribution in [-0.2, 0) is 6.42 Å². The van der Waals surface area contributed by atoms with E-state index < -0.39 is 12.2 Å². The maximum absolute atomic E-state index is 10.3. The minimum absolute atomic E-state index is 0.101. The van der Waals surface area contributed by atoms with Crippen LogP contribution in [0.1, 0.15) is 56.1 Å². The van der Waals surface area contributed by atoms with Crippen LogP contribution >= 0.6 is 0 Å². The highest BCUT2D eigenvalue weighted by atomic mass is 16.5. The molecule has 0 aliphatic carbocycles. The summed E-state index contributed by atoms with van der Waals surface area (Å²) in [5, 5.41) is 39.7. The number of fused-ring (bicyclic) bond motifs is 1. The van der Waals surface area contributed by atoms with Crippen LogP contribution in [-0.4, -0.2) is 26.5 Å².